The number of amides is 1. The van der Waals surface area contributed by atoms with Crippen molar-refractivity contribution in [1.82, 2.24) is 10.2 Å². The molecule has 0 saturated carbocycles. The number of nitrogens with one attached hydrogen (secondary N) is 1. The second-order valence-electron chi connectivity index (χ2n) is 7.82. The van der Waals surface area contributed by atoms with E-state index in [0.717, 1.165) is 32.4 Å². The minimum absolute atomic E-state index is 0.0252. The molecule has 0 aliphatic carbocycles. The van der Waals surface area contributed by atoms with Gasteiger partial charge in [0.05, 0.1) is 5.92 Å². The molecule has 2 saturated heterocycles. The lowest BCUT2D eigenvalue weighted by Crippen LogP contribution is -2.50. The standard InChI is InChI=1S/C17H30N2O4/c1-17(2,3)23-16(22)19-9-6-13(15(20)21)11-14(19)10-12-4-7-18-8-5-12/h12-14,18H,4-11H2,1-3H3,(H,20,21)/t13-,14+/m0/s1. The van der Waals surface area contributed by atoms with Crippen molar-refractivity contribution in [1.29, 1.82) is 0 Å². The molecule has 1 amide bonds. The van der Waals surface area contributed by atoms with Crippen molar-refractivity contribution in [3.8, 4) is 0 Å². The third kappa shape index (κ3) is 5.37. The highest BCUT2D eigenvalue weighted by Crippen LogP contribution is 2.31. The van der Waals surface area contributed by atoms with Crippen LogP contribution in [-0.4, -0.2) is 53.3 Å². The van der Waals surface area contributed by atoms with E-state index in [1.807, 2.05) is 20.8 Å². The van der Waals surface area contributed by atoms with Crippen molar-refractivity contribution < 1.29 is 19.4 Å². The maximum atomic E-state index is 12.5. The average molecular weight is 326 g/mol. The first-order valence-corrected chi connectivity index (χ1v) is 8.69. The fourth-order valence-electron chi connectivity index (χ4n) is 3.56. The molecule has 2 N–H and O–H groups in total. The molecule has 2 aliphatic rings. The summed E-state index contributed by atoms with van der Waals surface area (Å²) >= 11 is 0. The van der Waals surface area contributed by atoms with Gasteiger partial charge in [0.1, 0.15) is 5.60 Å². The Morgan fingerprint density at radius 2 is 1.87 bits per heavy atom. The van der Waals surface area contributed by atoms with Gasteiger partial charge in [-0.25, -0.2) is 4.79 Å². The molecule has 0 aromatic carbocycles. The first kappa shape index (κ1) is 18.0. The fourth-order valence-corrected chi connectivity index (χ4v) is 3.56. The van der Waals surface area contributed by atoms with Crippen LogP contribution in [0.15, 0.2) is 0 Å². The number of likely N-dealkylation sites (tertiary alicyclic amines) is 1. The van der Waals surface area contributed by atoms with E-state index in [4.69, 9.17) is 4.74 Å². The highest BCUT2D eigenvalue weighted by Gasteiger charge is 2.37. The molecule has 2 fully saturated rings. The SMILES string of the molecule is CC(C)(C)OC(=O)N1CC[C@H](C(=O)O)C[C@H]1CC1CCNCC1. The Morgan fingerprint density at radius 1 is 1.22 bits per heavy atom. The van der Waals surface area contributed by atoms with Crippen LogP contribution in [0.1, 0.15) is 52.9 Å². The molecule has 6 heteroatoms. The summed E-state index contributed by atoms with van der Waals surface area (Å²) in [7, 11) is 0. The normalized spacial score (nSPS) is 26.8. The van der Waals surface area contributed by atoms with Crippen LogP contribution >= 0.6 is 0 Å². The summed E-state index contributed by atoms with van der Waals surface area (Å²) in [5, 5.41) is 12.7. The van der Waals surface area contributed by atoms with Crippen LogP contribution in [0.3, 0.4) is 0 Å². The smallest absolute Gasteiger partial charge is 0.410 e. The van der Waals surface area contributed by atoms with Crippen molar-refractivity contribution in [2.24, 2.45) is 11.8 Å². The van der Waals surface area contributed by atoms with E-state index in [-0.39, 0.29) is 18.1 Å². The number of carbonyl (C=O) groups is 2. The van der Waals surface area contributed by atoms with Crippen LogP contribution in [0.5, 0.6) is 0 Å². The second kappa shape index (κ2) is 7.51. The topological polar surface area (TPSA) is 78.9 Å². The van der Waals surface area contributed by atoms with Crippen molar-refractivity contribution in [3.05, 3.63) is 0 Å². The van der Waals surface area contributed by atoms with E-state index in [1.165, 1.54) is 0 Å². The summed E-state index contributed by atoms with van der Waals surface area (Å²) in [5.41, 5.74) is -0.528. The molecular formula is C17H30N2O4. The van der Waals surface area contributed by atoms with Gasteiger partial charge >= 0.3 is 12.1 Å². The number of aliphatic carboxylic acids is 1. The molecule has 2 heterocycles. The van der Waals surface area contributed by atoms with Gasteiger partial charge in [0.15, 0.2) is 0 Å². The number of rotatable bonds is 3. The molecular weight excluding hydrogens is 296 g/mol. The second-order valence-corrected chi connectivity index (χ2v) is 7.82. The van der Waals surface area contributed by atoms with E-state index in [1.54, 1.807) is 4.90 Å². The molecule has 0 aromatic heterocycles. The predicted molar refractivity (Wildman–Crippen MR) is 87.3 cm³/mol. The van der Waals surface area contributed by atoms with Crippen molar-refractivity contribution >= 4 is 12.1 Å². The number of nitrogens with zero attached hydrogens (tertiary/aromatic N) is 1. The Balaban J connectivity index is 2.04. The number of piperidine rings is 2. The quantitative estimate of drug-likeness (QED) is 0.833. The number of carboxylic acid groups (broad SMARTS) is 1. The zero-order valence-corrected chi connectivity index (χ0v) is 14.5. The Morgan fingerprint density at radius 3 is 2.43 bits per heavy atom. The maximum absolute atomic E-state index is 12.5. The highest BCUT2D eigenvalue weighted by molar-refractivity contribution is 5.72. The van der Waals surface area contributed by atoms with Crippen molar-refractivity contribution in [2.45, 2.75) is 64.5 Å². The van der Waals surface area contributed by atoms with Crippen LogP contribution in [-0.2, 0) is 9.53 Å². The zero-order valence-electron chi connectivity index (χ0n) is 14.5. The van der Waals surface area contributed by atoms with Crippen LogP contribution in [0, 0.1) is 11.8 Å². The summed E-state index contributed by atoms with van der Waals surface area (Å²) in [6.45, 7) is 8.06. The lowest BCUT2D eigenvalue weighted by molar-refractivity contribution is -0.144. The lowest BCUT2D eigenvalue weighted by Gasteiger charge is -2.40. The fraction of sp³-hybridized carbons (Fsp3) is 0.882. The minimum atomic E-state index is -0.746. The largest absolute Gasteiger partial charge is 0.481 e. The monoisotopic (exact) mass is 326 g/mol. The van der Waals surface area contributed by atoms with Crippen LogP contribution in [0.2, 0.25) is 0 Å². The molecule has 0 radical (unpaired) electrons. The highest BCUT2D eigenvalue weighted by atomic mass is 16.6. The molecule has 2 aliphatic heterocycles. The Kier molecular flexibility index (Phi) is 5.89. The van der Waals surface area contributed by atoms with Gasteiger partial charge in [-0.3, -0.25) is 4.79 Å². The first-order valence-electron chi connectivity index (χ1n) is 8.69. The zero-order chi connectivity index (χ0) is 17.0. The van der Waals surface area contributed by atoms with Crippen molar-refractivity contribution in [3.63, 3.8) is 0 Å². The van der Waals surface area contributed by atoms with Crippen LogP contribution in [0.4, 0.5) is 4.79 Å². The van der Waals surface area contributed by atoms with E-state index < -0.39 is 11.6 Å². The van der Waals surface area contributed by atoms with Crippen LogP contribution < -0.4 is 5.32 Å². The molecule has 0 aromatic rings. The van der Waals surface area contributed by atoms with Gasteiger partial charge in [-0.15, -0.1) is 0 Å². The lowest BCUT2D eigenvalue weighted by atomic mass is 9.83. The molecule has 132 valence electrons. The Bertz CT molecular complexity index is 427. The Hall–Kier alpha value is -1.30. The number of carbonyl (C=O) groups excluding carboxylic acids is 1. The molecule has 6 nitrogen and oxygen atoms in total. The molecule has 0 spiro atoms. The van der Waals surface area contributed by atoms with Gasteiger partial charge < -0.3 is 20.1 Å². The summed E-state index contributed by atoms with van der Waals surface area (Å²) in [4.78, 5) is 25.6. The summed E-state index contributed by atoms with van der Waals surface area (Å²) in [6, 6.07) is -0.0252. The number of hydrogen-bond donors (Lipinski definition) is 2. The number of ether oxygens (including phenoxy) is 1. The molecule has 2 rings (SSSR count). The van der Waals surface area contributed by atoms with Gasteiger partial charge in [0, 0.05) is 12.6 Å². The summed E-state index contributed by atoms with van der Waals surface area (Å²) in [6.07, 6.45) is 3.81. The minimum Gasteiger partial charge on any atom is -0.481 e. The van der Waals surface area contributed by atoms with Crippen LogP contribution in [0.25, 0.3) is 0 Å². The number of hydrogen-bond acceptors (Lipinski definition) is 4. The van der Waals surface area contributed by atoms with Crippen molar-refractivity contribution in [2.75, 3.05) is 19.6 Å². The van der Waals surface area contributed by atoms with E-state index >= 15 is 0 Å². The van der Waals surface area contributed by atoms with Gasteiger partial charge in [0.25, 0.3) is 0 Å². The van der Waals surface area contributed by atoms with E-state index in [0.29, 0.717) is 25.3 Å². The Labute approximate surface area is 138 Å². The van der Waals surface area contributed by atoms with E-state index in [9.17, 15) is 14.7 Å². The first-order chi connectivity index (χ1) is 10.8. The molecule has 2 atom stereocenters. The molecule has 0 bridgehead atoms. The third-order valence-electron chi connectivity index (χ3n) is 4.76. The molecule has 0 unspecified atom stereocenters. The maximum Gasteiger partial charge on any atom is 0.410 e. The average Bonchev–Trinajstić information content (AvgIpc) is 2.46. The van der Waals surface area contributed by atoms with Gasteiger partial charge in [-0.05, 0) is 71.9 Å². The third-order valence-corrected chi connectivity index (χ3v) is 4.76. The van der Waals surface area contributed by atoms with Gasteiger partial charge in [-0.1, -0.05) is 0 Å². The molecule has 23 heavy (non-hydrogen) atoms. The summed E-state index contributed by atoms with van der Waals surface area (Å²) < 4.78 is 5.52. The summed E-state index contributed by atoms with van der Waals surface area (Å²) in [5.74, 6) is -0.539. The van der Waals surface area contributed by atoms with Gasteiger partial charge in [0.2, 0.25) is 0 Å². The van der Waals surface area contributed by atoms with Gasteiger partial charge in [-0.2, -0.15) is 0 Å². The predicted octanol–water partition coefficient (Wildman–Crippen LogP) is 2.48. The number of carboxylic acids is 1. The van der Waals surface area contributed by atoms with E-state index in [2.05, 4.69) is 5.32 Å².